The molecule has 0 saturated carbocycles. The van der Waals surface area contributed by atoms with Gasteiger partial charge < -0.3 is 10.4 Å². The van der Waals surface area contributed by atoms with Crippen LogP contribution in [0.15, 0.2) is 90.2 Å². The first-order valence-corrected chi connectivity index (χ1v) is 8.76. The van der Waals surface area contributed by atoms with Gasteiger partial charge in [0.1, 0.15) is 0 Å². The molecule has 1 amide bonds. The first-order chi connectivity index (χ1) is 13.2. The Bertz CT molecular complexity index is 915. The maximum atomic E-state index is 12.3. The average Bonchev–Trinajstić information content (AvgIpc) is 2.72. The van der Waals surface area contributed by atoms with Gasteiger partial charge in [-0.3, -0.25) is 9.79 Å². The maximum absolute atomic E-state index is 12.3. The fraction of sp³-hybridized carbons (Fsp3) is 0.136. The Morgan fingerprint density at radius 3 is 2.25 bits per heavy atom. The molecule has 0 fully saturated rings. The molecule has 0 radical (unpaired) electrons. The van der Waals surface area contributed by atoms with E-state index < -0.39 is 0 Å². The minimum Gasteiger partial charge on any atom is -0.858 e. The van der Waals surface area contributed by atoms with E-state index in [1.807, 2.05) is 60.7 Å². The lowest BCUT2D eigenvalue weighted by molar-refractivity contribution is -0.684. The van der Waals surface area contributed by atoms with Crippen LogP contribution in [0.4, 0.5) is 0 Å². The minimum atomic E-state index is -0.294. The summed E-state index contributed by atoms with van der Waals surface area (Å²) in [4.78, 5) is 16.2. The van der Waals surface area contributed by atoms with Crippen LogP contribution in [0, 0.1) is 0 Å². The number of hydrogen-bond acceptors (Lipinski definition) is 3. The van der Waals surface area contributed by atoms with Crippen LogP contribution in [-0.4, -0.2) is 11.8 Å². The first-order valence-electron chi connectivity index (χ1n) is 8.76. The van der Waals surface area contributed by atoms with Gasteiger partial charge in [-0.05, 0) is 23.1 Å². The number of nitrogens with zero attached hydrogens (tertiary/aromatic N) is 2. The molecule has 0 aliphatic carbocycles. The van der Waals surface area contributed by atoms with Crippen molar-refractivity contribution in [3.05, 3.63) is 102 Å². The van der Waals surface area contributed by atoms with Crippen molar-refractivity contribution < 1.29 is 14.5 Å². The highest BCUT2D eigenvalue weighted by atomic mass is 35.5. The number of pyridine rings is 1. The predicted octanol–water partition coefficient (Wildman–Crippen LogP) is 2.02. The molecule has 0 bridgehead atoms. The van der Waals surface area contributed by atoms with Gasteiger partial charge in [0.15, 0.2) is 12.4 Å². The van der Waals surface area contributed by atoms with E-state index >= 15 is 0 Å². The van der Waals surface area contributed by atoms with E-state index in [1.165, 1.54) is 0 Å². The van der Waals surface area contributed by atoms with Crippen LogP contribution in [0.1, 0.15) is 16.7 Å². The third kappa shape index (κ3) is 6.52. The summed E-state index contributed by atoms with van der Waals surface area (Å²) in [6.45, 7) is 0.962. The number of benzene rings is 2. The molecule has 0 saturated heterocycles. The van der Waals surface area contributed by atoms with Crippen LogP contribution < -0.4 is 15.0 Å². The number of rotatable bonds is 7. The number of aliphatic imine (C=N–C) groups is 1. The molecule has 1 aromatic heterocycles. The van der Waals surface area contributed by atoms with E-state index in [0.29, 0.717) is 18.7 Å². The van der Waals surface area contributed by atoms with Crippen molar-refractivity contribution >= 4 is 24.2 Å². The topological polar surface area (TPSA) is 68.4 Å². The lowest BCUT2D eigenvalue weighted by Gasteiger charge is -2.10. The molecule has 0 aliphatic rings. The van der Waals surface area contributed by atoms with Gasteiger partial charge in [-0.2, -0.15) is 4.57 Å². The van der Waals surface area contributed by atoms with Crippen LogP contribution in [0.25, 0.3) is 0 Å². The number of aromatic nitrogens is 1. The van der Waals surface area contributed by atoms with Crippen molar-refractivity contribution in [3.8, 4) is 0 Å². The summed E-state index contributed by atoms with van der Waals surface area (Å²) >= 11 is 0. The Kier molecular flexibility index (Phi) is 8.18. The molecule has 5 nitrogen and oxygen atoms in total. The summed E-state index contributed by atoms with van der Waals surface area (Å²) in [5.74, 6) is -0.410. The van der Waals surface area contributed by atoms with Crippen molar-refractivity contribution in [1.29, 1.82) is 0 Å². The zero-order chi connectivity index (χ0) is 18.9. The summed E-state index contributed by atoms with van der Waals surface area (Å²) in [5, 5.41) is 15.2. The summed E-state index contributed by atoms with van der Waals surface area (Å²) in [5.41, 5.74) is 2.48. The molecule has 0 atom stereocenters. The van der Waals surface area contributed by atoms with E-state index in [-0.39, 0.29) is 30.8 Å². The smallest absolute Gasteiger partial charge is 0.286 e. The number of nitrogens with one attached hydrogen (secondary N) is 1. The van der Waals surface area contributed by atoms with Crippen LogP contribution >= 0.6 is 12.4 Å². The third-order valence-corrected chi connectivity index (χ3v) is 4.01. The summed E-state index contributed by atoms with van der Waals surface area (Å²) in [6, 6.07) is 22.8. The van der Waals surface area contributed by atoms with Crippen LogP contribution in [-0.2, 0) is 24.4 Å². The predicted molar refractivity (Wildman–Crippen MR) is 109 cm³/mol. The lowest BCUT2D eigenvalue weighted by atomic mass is 10.2. The number of hydrogen-bond donors (Lipinski definition) is 1. The third-order valence-electron chi connectivity index (χ3n) is 4.01. The zero-order valence-electron chi connectivity index (χ0n) is 15.3. The standard InChI is InChI=1S/C22H21N3O2.ClH/c26-21(23-14-18-8-3-1-4-9-18)17-25-13-7-12-20(16-25)22(27)24-15-19-10-5-2-6-11-19;/h1-13,16H,14-15,17H2,(H-,23,24,26,27);1H. The second-order valence-electron chi connectivity index (χ2n) is 6.13. The second-order valence-corrected chi connectivity index (χ2v) is 6.13. The summed E-state index contributed by atoms with van der Waals surface area (Å²) < 4.78 is 1.69. The highest BCUT2D eigenvalue weighted by Crippen LogP contribution is 2.02. The van der Waals surface area contributed by atoms with Crippen molar-refractivity contribution in [3.63, 3.8) is 0 Å². The lowest BCUT2D eigenvalue weighted by Crippen LogP contribution is -2.43. The van der Waals surface area contributed by atoms with Crippen molar-refractivity contribution in [2.45, 2.75) is 19.6 Å². The largest absolute Gasteiger partial charge is 0.858 e. The average molecular weight is 396 g/mol. The van der Waals surface area contributed by atoms with Crippen LogP contribution in [0.3, 0.4) is 0 Å². The van der Waals surface area contributed by atoms with E-state index in [0.717, 1.165) is 11.1 Å². The number of amides is 1. The molecule has 3 rings (SSSR count). The SMILES string of the molecule is Cl.O=C(C[n+]1cccc(C([O-])=NCc2ccccc2)c1)NCc1ccccc1. The van der Waals surface area contributed by atoms with Gasteiger partial charge in [0.05, 0.1) is 6.54 Å². The molecular formula is C22H22ClN3O2. The van der Waals surface area contributed by atoms with E-state index in [2.05, 4.69) is 10.3 Å². The number of carbonyl (C=O) groups is 1. The minimum absolute atomic E-state index is 0. The Morgan fingerprint density at radius 1 is 0.929 bits per heavy atom. The molecule has 2 aromatic carbocycles. The fourth-order valence-electron chi connectivity index (χ4n) is 2.60. The van der Waals surface area contributed by atoms with Gasteiger partial charge in [0.2, 0.25) is 6.54 Å². The molecule has 1 heterocycles. The molecular weight excluding hydrogens is 374 g/mol. The molecule has 28 heavy (non-hydrogen) atoms. The van der Waals surface area contributed by atoms with Crippen LogP contribution in [0.2, 0.25) is 0 Å². The van der Waals surface area contributed by atoms with Crippen molar-refractivity contribution in [2.75, 3.05) is 0 Å². The Morgan fingerprint density at radius 2 is 1.57 bits per heavy atom. The fourth-order valence-corrected chi connectivity index (χ4v) is 2.60. The van der Waals surface area contributed by atoms with Crippen molar-refractivity contribution in [2.24, 2.45) is 4.99 Å². The van der Waals surface area contributed by atoms with Gasteiger partial charge >= 0.3 is 0 Å². The molecule has 0 aliphatic heterocycles. The Labute approximate surface area is 170 Å². The molecule has 0 unspecified atom stereocenters. The maximum Gasteiger partial charge on any atom is 0.286 e. The summed E-state index contributed by atoms with van der Waals surface area (Å²) in [6.07, 6.45) is 3.41. The quantitative estimate of drug-likeness (QED) is 0.378. The number of halogens is 1. The number of carbonyl (C=O) groups excluding carboxylic acids is 1. The van der Waals surface area contributed by atoms with Gasteiger partial charge in [-0.1, -0.05) is 60.7 Å². The van der Waals surface area contributed by atoms with Gasteiger partial charge in [0.25, 0.3) is 5.91 Å². The van der Waals surface area contributed by atoms with E-state index in [4.69, 9.17) is 0 Å². The van der Waals surface area contributed by atoms with Gasteiger partial charge in [-0.15, -0.1) is 12.4 Å². The van der Waals surface area contributed by atoms with Gasteiger partial charge in [-0.25, -0.2) is 0 Å². The van der Waals surface area contributed by atoms with E-state index in [1.54, 1.807) is 29.1 Å². The highest BCUT2D eigenvalue weighted by Gasteiger charge is 2.10. The molecule has 144 valence electrons. The molecule has 3 aromatic rings. The zero-order valence-corrected chi connectivity index (χ0v) is 16.1. The molecule has 1 N–H and O–H groups in total. The Hall–Kier alpha value is -3.18. The summed E-state index contributed by atoms with van der Waals surface area (Å²) in [7, 11) is 0. The monoisotopic (exact) mass is 395 g/mol. The molecule has 6 heteroatoms. The highest BCUT2D eigenvalue weighted by molar-refractivity contribution is 5.89. The van der Waals surface area contributed by atoms with Crippen molar-refractivity contribution in [1.82, 2.24) is 5.32 Å². The first kappa shape index (κ1) is 21.1. The normalized spacial score (nSPS) is 10.8. The van der Waals surface area contributed by atoms with E-state index in [9.17, 15) is 9.90 Å². The van der Waals surface area contributed by atoms with Gasteiger partial charge in [0, 0.05) is 18.2 Å². The Balaban J connectivity index is 0.00000280. The molecule has 0 spiro atoms. The second kappa shape index (κ2) is 10.8. The van der Waals surface area contributed by atoms with Crippen LogP contribution in [0.5, 0.6) is 0 Å².